The van der Waals surface area contributed by atoms with Crippen LogP contribution in [0, 0.1) is 6.92 Å². The van der Waals surface area contributed by atoms with Crippen molar-refractivity contribution in [2.24, 2.45) is 0 Å². The van der Waals surface area contributed by atoms with Crippen molar-refractivity contribution >= 4 is 5.91 Å². The van der Waals surface area contributed by atoms with Crippen LogP contribution in [0.3, 0.4) is 0 Å². The van der Waals surface area contributed by atoms with Crippen LogP contribution in [-0.2, 0) is 0 Å². The van der Waals surface area contributed by atoms with Gasteiger partial charge in [-0.3, -0.25) is 4.79 Å². The van der Waals surface area contributed by atoms with E-state index in [0.29, 0.717) is 17.7 Å². The summed E-state index contributed by atoms with van der Waals surface area (Å²) in [6.07, 6.45) is 1.37. The van der Waals surface area contributed by atoms with Crippen LogP contribution in [0.4, 0.5) is 0 Å². The summed E-state index contributed by atoms with van der Waals surface area (Å²) in [6.45, 7) is 3.62. The van der Waals surface area contributed by atoms with Crippen LogP contribution in [0.15, 0.2) is 47.1 Å². The number of carbonyl (C=O) groups excluding carboxylic acids is 1. The highest BCUT2D eigenvalue weighted by Crippen LogP contribution is 2.18. The van der Waals surface area contributed by atoms with E-state index in [0.717, 1.165) is 5.56 Å². The summed E-state index contributed by atoms with van der Waals surface area (Å²) in [7, 11) is 0. The summed E-state index contributed by atoms with van der Waals surface area (Å²) in [5, 5.41) is 13.0. The van der Waals surface area contributed by atoms with E-state index >= 15 is 0 Å². The summed E-state index contributed by atoms with van der Waals surface area (Å²) in [4.78, 5) is 12.0. The number of benzene rings is 1. The van der Waals surface area contributed by atoms with Gasteiger partial charge < -0.3 is 14.8 Å². The maximum Gasteiger partial charge on any atom is 0.255 e. The molecule has 0 aliphatic rings. The zero-order valence-electron chi connectivity index (χ0n) is 11.7. The second kappa shape index (κ2) is 6.39. The third-order valence-corrected chi connectivity index (χ3v) is 3.24. The lowest BCUT2D eigenvalue weighted by Gasteiger charge is -2.18. The van der Waals surface area contributed by atoms with E-state index in [2.05, 4.69) is 5.32 Å². The van der Waals surface area contributed by atoms with Gasteiger partial charge in [0.2, 0.25) is 0 Å². The Kier molecular flexibility index (Phi) is 4.58. The first-order chi connectivity index (χ1) is 9.58. The number of hydrogen-bond acceptors (Lipinski definition) is 3. The van der Waals surface area contributed by atoms with Gasteiger partial charge in [0.05, 0.1) is 17.9 Å². The molecule has 0 aliphatic carbocycles. The molecule has 1 amide bonds. The number of aryl methyl sites for hydroxylation is 1. The summed E-state index contributed by atoms with van der Waals surface area (Å²) in [5.41, 5.74) is 1.39. The lowest BCUT2D eigenvalue weighted by molar-refractivity contribution is 0.0915. The van der Waals surface area contributed by atoms with Gasteiger partial charge in [0, 0.05) is 6.04 Å². The normalized spacial score (nSPS) is 13.8. The molecule has 2 rings (SSSR count). The van der Waals surface area contributed by atoms with Crippen LogP contribution in [0.2, 0.25) is 0 Å². The Balaban J connectivity index is 1.91. The molecule has 0 saturated carbocycles. The highest BCUT2D eigenvalue weighted by molar-refractivity contribution is 5.95. The Morgan fingerprint density at radius 2 is 2.00 bits per heavy atom. The van der Waals surface area contributed by atoms with Gasteiger partial charge in [0.1, 0.15) is 5.76 Å². The van der Waals surface area contributed by atoms with Gasteiger partial charge in [0.15, 0.2) is 0 Å². The lowest BCUT2D eigenvalue weighted by Crippen LogP contribution is -2.33. The number of amides is 1. The smallest absolute Gasteiger partial charge is 0.255 e. The summed E-state index contributed by atoms with van der Waals surface area (Å²) < 4.78 is 5.11. The maximum atomic E-state index is 12.0. The van der Waals surface area contributed by atoms with Crippen LogP contribution in [0.5, 0.6) is 0 Å². The van der Waals surface area contributed by atoms with Crippen molar-refractivity contribution in [1.29, 1.82) is 0 Å². The van der Waals surface area contributed by atoms with Crippen LogP contribution in [-0.4, -0.2) is 17.1 Å². The lowest BCUT2D eigenvalue weighted by atomic mass is 10.0. The van der Waals surface area contributed by atoms with Crippen molar-refractivity contribution < 1.29 is 14.3 Å². The van der Waals surface area contributed by atoms with Crippen molar-refractivity contribution in [3.8, 4) is 0 Å². The highest BCUT2D eigenvalue weighted by atomic mass is 16.3. The van der Waals surface area contributed by atoms with Crippen LogP contribution in [0.1, 0.15) is 41.1 Å². The molecule has 0 unspecified atom stereocenters. The van der Waals surface area contributed by atoms with Crippen LogP contribution < -0.4 is 5.32 Å². The molecule has 2 N–H and O–H groups in total. The predicted molar refractivity (Wildman–Crippen MR) is 76.4 cm³/mol. The van der Waals surface area contributed by atoms with Crippen molar-refractivity contribution in [2.75, 3.05) is 0 Å². The third kappa shape index (κ3) is 3.48. The standard InChI is InChI=1S/C16H19NO3/c1-11(10-15(18)13-6-4-3-5-7-13)17-16(19)14-8-9-20-12(14)2/h3-9,11,15,18H,10H2,1-2H3,(H,17,19)/t11-,15-/m1/s1. The fourth-order valence-electron chi connectivity index (χ4n) is 2.13. The number of aliphatic hydroxyl groups is 1. The molecule has 1 heterocycles. The predicted octanol–water partition coefficient (Wildman–Crippen LogP) is 2.83. The molecule has 4 heteroatoms. The van der Waals surface area contributed by atoms with E-state index in [4.69, 9.17) is 4.42 Å². The van der Waals surface area contributed by atoms with Crippen molar-refractivity contribution in [2.45, 2.75) is 32.4 Å². The minimum atomic E-state index is -0.586. The maximum absolute atomic E-state index is 12.0. The summed E-state index contributed by atoms with van der Waals surface area (Å²) in [5.74, 6) is 0.419. The first kappa shape index (κ1) is 14.3. The number of hydrogen-bond donors (Lipinski definition) is 2. The van der Waals surface area contributed by atoms with Gasteiger partial charge in [-0.2, -0.15) is 0 Å². The van der Waals surface area contributed by atoms with Gasteiger partial charge in [-0.15, -0.1) is 0 Å². The van der Waals surface area contributed by atoms with Crippen molar-refractivity contribution in [3.63, 3.8) is 0 Å². The SMILES string of the molecule is Cc1occc1C(=O)N[C@H](C)C[C@@H](O)c1ccccc1. The molecule has 4 nitrogen and oxygen atoms in total. The Morgan fingerprint density at radius 1 is 1.30 bits per heavy atom. The first-order valence-electron chi connectivity index (χ1n) is 6.66. The van der Waals surface area contributed by atoms with Gasteiger partial charge in [-0.25, -0.2) is 0 Å². The molecule has 1 aromatic carbocycles. The Bertz CT molecular complexity index is 562. The Hall–Kier alpha value is -2.07. The molecule has 20 heavy (non-hydrogen) atoms. The molecule has 0 saturated heterocycles. The molecular weight excluding hydrogens is 254 g/mol. The highest BCUT2D eigenvalue weighted by Gasteiger charge is 2.17. The van der Waals surface area contributed by atoms with E-state index in [-0.39, 0.29) is 11.9 Å². The first-order valence-corrected chi connectivity index (χ1v) is 6.66. The number of carbonyl (C=O) groups is 1. The molecule has 2 atom stereocenters. The second-order valence-electron chi connectivity index (χ2n) is 4.93. The van der Waals surface area contributed by atoms with E-state index in [1.807, 2.05) is 37.3 Å². The molecular formula is C16H19NO3. The van der Waals surface area contributed by atoms with Crippen molar-refractivity contribution in [3.05, 3.63) is 59.5 Å². The van der Waals surface area contributed by atoms with Crippen LogP contribution in [0.25, 0.3) is 0 Å². The average molecular weight is 273 g/mol. The van der Waals surface area contributed by atoms with E-state index in [9.17, 15) is 9.90 Å². The largest absolute Gasteiger partial charge is 0.469 e. The monoisotopic (exact) mass is 273 g/mol. The molecule has 0 radical (unpaired) electrons. The van der Waals surface area contributed by atoms with E-state index < -0.39 is 6.10 Å². The zero-order valence-corrected chi connectivity index (χ0v) is 11.7. The van der Waals surface area contributed by atoms with Crippen molar-refractivity contribution in [1.82, 2.24) is 5.32 Å². The number of rotatable bonds is 5. The quantitative estimate of drug-likeness (QED) is 0.880. The van der Waals surface area contributed by atoms with Crippen LogP contribution >= 0.6 is 0 Å². The topological polar surface area (TPSA) is 62.5 Å². The minimum absolute atomic E-state index is 0.132. The molecule has 1 aromatic heterocycles. The Labute approximate surface area is 118 Å². The fourth-order valence-corrected chi connectivity index (χ4v) is 2.13. The summed E-state index contributed by atoms with van der Waals surface area (Å²) >= 11 is 0. The molecule has 0 aliphatic heterocycles. The van der Waals surface area contributed by atoms with Gasteiger partial charge in [-0.1, -0.05) is 30.3 Å². The van der Waals surface area contributed by atoms with Gasteiger partial charge in [0.25, 0.3) is 5.91 Å². The molecule has 2 aromatic rings. The minimum Gasteiger partial charge on any atom is -0.469 e. The Morgan fingerprint density at radius 3 is 2.60 bits per heavy atom. The average Bonchev–Trinajstić information content (AvgIpc) is 2.86. The molecule has 106 valence electrons. The second-order valence-corrected chi connectivity index (χ2v) is 4.93. The third-order valence-electron chi connectivity index (χ3n) is 3.24. The zero-order chi connectivity index (χ0) is 14.5. The number of aliphatic hydroxyl groups excluding tert-OH is 1. The number of nitrogens with one attached hydrogen (secondary N) is 1. The molecule has 0 spiro atoms. The van der Waals surface area contributed by atoms with Gasteiger partial charge in [-0.05, 0) is 31.9 Å². The summed E-state index contributed by atoms with van der Waals surface area (Å²) in [6, 6.07) is 10.9. The molecule has 0 fully saturated rings. The van der Waals surface area contributed by atoms with E-state index in [1.54, 1.807) is 13.0 Å². The fraction of sp³-hybridized carbons (Fsp3) is 0.312. The number of furan rings is 1. The molecule has 0 bridgehead atoms. The van der Waals surface area contributed by atoms with E-state index in [1.165, 1.54) is 6.26 Å². The van der Waals surface area contributed by atoms with Gasteiger partial charge >= 0.3 is 0 Å².